The van der Waals surface area contributed by atoms with Gasteiger partial charge in [-0.15, -0.1) is 21.5 Å². The molecule has 2 heterocycles. The van der Waals surface area contributed by atoms with Gasteiger partial charge in [0.05, 0.1) is 9.90 Å². The van der Waals surface area contributed by atoms with E-state index >= 15 is 0 Å². The summed E-state index contributed by atoms with van der Waals surface area (Å²) in [4.78, 5) is 0.969. The lowest BCUT2D eigenvalue weighted by molar-refractivity contribution is 0.946. The number of rotatable bonds is 4. The van der Waals surface area contributed by atoms with E-state index in [1.807, 2.05) is 23.6 Å². The molecule has 16 heavy (non-hydrogen) atoms. The number of nitrogens with one attached hydrogen (secondary N) is 1. The van der Waals surface area contributed by atoms with E-state index in [0.29, 0.717) is 0 Å². The number of aromatic nitrogens is 2. The van der Waals surface area contributed by atoms with Gasteiger partial charge in [-0.25, -0.2) is 0 Å². The highest BCUT2D eigenvalue weighted by Crippen LogP contribution is 2.31. The van der Waals surface area contributed by atoms with Gasteiger partial charge in [0.1, 0.15) is 11.5 Å². The molecule has 0 aromatic carbocycles. The maximum Gasteiger partial charge on any atom is 0.148 e. The van der Waals surface area contributed by atoms with Crippen molar-refractivity contribution in [1.82, 2.24) is 10.2 Å². The van der Waals surface area contributed by atoms with Crippen LogP contribution in [-0.4, -0.2) is 16.7 Å². The minimum atomic E-state index is 0.730. The quantitative estimate of drug-likeness (QED) is 0.903. The first-order valence-electron chi connectivity index (χ1n) is 5.12. The predicted octanol–water partition coefficient (Wildman–Crippen LogP) is 3.68. The Kier molecular flexibility index (Phi) is 3.74. The summed E-state index contributed by atoms with van der Waals surface area (Å²) in [7, 11) is 0. The smallest absolute Gasteiger partial charge is 0.148 e. The molecule has 3 nitrogen and oxygen atoms in total. The lowest BCUT2D eigenvalue weighted by Crippen LogP contribution is -2.02. The van der Waals surface area contributed by atoms with Gasteiger partial charge in [0.25, 0.3) is 0 Å². The molecule has 0 spiro atoms. The molecular formula is C11H12ClN3S. The summed E-state index contributed by atoms with van der Waals surface area (Å²) in [5.74, 6) is 0.804. The molecular weight excluding hydrogens is 242 g/mol. The van der Waals surface area contributed by atoms with Gasteiger partial charge < -0.3 is 5.32 Å². The van der Waals surface area contributed by atoms with Crippen LogP contribution in [0.3, 0.4) is 0 Å². The molecule has 84 valence electrons. The zero-order valence-corrected chi connectivity index (χ0v) is 10.5. The second-order valence-corrected chi connectivity index (χ2v) is 4.65. The van der Waals surface area contributed by atoms with Crippen LogP contribution in [0.25, 0.3) is 10.6 Å². The molecule has 0 aliphatic carbocycles. The first-order chi connectivity index (χ1) is 7.81. The van der Waals surface area contributed by atoms with Crippen LogP contribution in [0, 0.1) is 0 Å². The predicted molar refractivity (Wildman–Crippen MR) is 69.1 cm³/mol. The summed E-state index contributed by atoms with van der Waals surface area (Å²) in [6.45, 7) is 3.02. The average molecular weight is 254 g/mol. The van der Waals surface area contributed by atoms with E-state index in [9.17, 15) is 0 Å². The minimum absolute atomic E-state index is 0.730. The van der Waals surface area contributed by atoms with Crippen molar-refractivity contribution >= 4 is 28.8 Å². The van der Waals surface area contributed by atoms with E-state index < -0.39 is 0 Å². The molecule has 0 bridgehead atoms. The van der Waals surface area contributed by atoms with Gasteiger partial charge in [-0.2, -0.15) is 0 Å². The lowest BCUT2D eigenvalue weighted by atomic mass is 10.3. The Morgan fingerprint density at radius 3 is 2.75 bits per heavy atom. The first kappa shape index (κ1) is 11.4. The van der Waals surface area contributed by atoms with Crippen LogP contribution in [-0.2, 0) is 0 Å². The van der Waals surface area contributed by atoms with E-state index in [0.717, 1.165) is 34.4 Å². The van der Waals surface area contributed by atoms with Crippen molar-refractivity contribution in [3.05, 3.63) is 28.6 Å². The van der Waals surface area contributed by atoms with Crippen molar-refractivity contribution < 1.29 is 0 Å². The second-order valence-electron chi connectivity index (χ2n) is 3.33. The number of halogens is 1. The Morgan fingerprint density at radius 1 is 1.31 bits per heavy atom. The largest absolute Gasteiger partial charge is 0.369 e. The van der Waals surface area contributed by atoms with Crippen LogP contribution in [0.1, 0.15) is 13.3 Å². The molecule has 0 radical (unpaired) electrons. The van der Waals surface area contributed by atoms with Crippen molar-refractivity contribution in [2.75, 3.05) is 11.9 Å². The molecule has 1 N–H and O–H groups in total. The molecule has 0 amide bonds. The van der Waals surface area contributed by atoms with Gasteiger partial charge in [0.15, 0.2) is 0 Å². The molecule has 0 unspecified atom stereocenters. The van der Waals surface area contributed by atoms with E-state index in [2.05, 4.69) is 22.4 Å². The maximum atomic E-state index is 6.02. The van der Waals surface area contributed by atoms with E-state index in [1.54, 1.807) is 11.3 Å². The third kappa shape index (κ3) is 2.51. The molecule has 0 aliphatic heterocycles. The SMILES string of the molecule is CCCNc1ccc(-c2sccc2Cl)nn1. The highest BCUT2D eigenvalue weighted by molar-refractivity contribution is 7.14. The maximum absolute atomic E-state index is 6.02. The van der Waals surface area contributed by atoms with Crippen LogP contribution < -0.4 is 5.32 Å². The standard InChI is InChI=1S/C11H12ClN3S/c1-2-6-13-10-4-3-9(14-15-10)11-8(12)5-7-16-11/h3-5,7H,2,6H2,1H3,(H,13,15). The van der Waals surface area contributed by atoms with Crippen LogP contribution in [0.2, 0.25) is 5.02 Å². The molecule has 0 fully saturated rings. The van der Waals surface area contributed by atoms with Crippen molar-refractivity contribution in [2.45, 2.75) is 13.3 Å². The number of anilines is 1. The minimum Gasteiger partial charge on any atom is -0.369 e. The normalized spacial score (nSPS) is 10.4. The Morgan fingerprint density at radius 2 is 2.19 bits per heavy atom. The monoisotopic (exact) mass is 253 g/mol. The summed E-state index contributed by atoms with van der Waals surface area (Å²) in [6.07, 6.45) is 1.07. The van der Waals surface area contributed by atoms with Crippen LogP contribution in [0.4, 0.5) is 5.82 Å². The van der Waals surface area contributed by atoms with Crippen LogP contribution in [0.15, 0.2) is 23.6 Å². The summed E-state index contributed by atoms with van der Waals surface area (Å²) < 4.78 is 0. The Labute approximate surface area is 103 Å². The Bertz CT molecular complexity index is 453. The molecule has 2 aromatic heterocycles. The second kappa shape index (κ2) is 5.27. The van der Waals surface area contributed by atoms with E-state index in [4.69, 9.17) is 11.6 Å². The first-order valence-corrected chi connectivity index (χ1v) is 6.38. The molecule has 2 aromatic rings. The van der Waals surface area contributed by atoms with Gasteiger partial charge in [-0.3, -0.25) is 0 Å². The number of hydrogen-bond donors (Lipinski definition) is 1. The molecule has 2 rings (SSSR count). The molecule has 0 atom stereocenters. The summed E-state index contributed by atoms with van der Waals surface area (Å²) in [5.41, 5.74) is 0.821. The highest BCUT2D eigenvalue weighted by Gasteiger charge is 2.06. The lowest BCUT2D eigenvalue weighted by Gasteiger charge is -2.03. The van der Waals surface area contributed by atoms with Gasteiger partial charge >= 0.3 is 0 Å². The summed E-state index contributed by atoms with van der Waals surface area (Å²) in [5, 5.41) is 14.1. The number of thiophene rings is 1. The Hall–Kier alpha value is -1.13. The third-order valence-corrected chi connectivity index (χ3v) is 3.43. The fraction of sp³-hybridized carbons (Fsp3) is 0.273. The van der Waals surface area contributed by atoms with E-state index in [-0.39, 0.29) is 0 Å². The highest BCUT2D eigenvalue weighted by atomic mass is 35.5. The number of hydrogen-bond acceptors (Lipinski definition) is 4. The van der Waals surface area contributed by atoms with Crippen molar-refractivity contribution in [3.8, 4) is 10.6 Å². The van der Waals surface area contributed by atoms with E-state index in [1.165, 1.54) is 0 Å². The fourth-order valence-corrected chi connectivity index (χ4v) is 2.40. The average Bonchev–Trinajstić information content (AvgIpc) is 2.74. The molecule has 0 aliphatic rings. The van der Waals surface area contributed by atoms with Gasteiger partial charge in [0, 0.05) is 6.54 Å². The fourth-order valence-electron chi connectivity index (χ4n) is 1.28. The number of nitrogens with zero attached hydrogens (tertiary/aromatic N) is 2. The van der Waals surface area contributed by atoms with Crippen molar-refractivity contribution in [3.63, 3.8) is 0 Å². The van der Waals surface area contributed by atoms with Gasteiger partial charge in [0.2, 0.25) is 0 Å². The van der Waals surface area contributed by atoms with Crippen LogP contribution >= 0.6 is 22.9 Å². The molecule has 0 saturated heterocycles. The zero-order chi connectivity index (χ0) is 11.4. The van der Waals surface area contributed by atoms with Gasteiger partial charge in [-0.1, -0.05) is 18.5 Å². The topological polar surface area (TPSA) is 37.8 Å². The summed E-state index contributed by atoms with van der Waals surface area (Å²) >= 11 is 7.60. The van der Waals surface area contributed by atoms with Gasteiger partial charge in [-0.05, 0) is 30.0 Å². The Balaban J connectivity index is 2.16. The van der Waals surface area contributed by atoms with Crippen LogP contribution in [0.5, 0.6) is 0 Å². The summed E-state index contributed by atoms with van der Waals surface area (Å²) in [6, 6.07) is 5.73. The zero-order valence-electron chi connectivity index (χ0n) is 8.90. The third-order valence-electron chi connectivity index (χ3n) is 2.07. The molecule has 0 saturated carbocycles. The van der Waals surface area contributed by atoms with Crippen molar-refractivity contribution in [2.24, 2.45) is 0 Å². The van der Waals surface area contributed by atoms with Crippen molar-refractivity contribution in [1.29, 1.82) is 0 Å². The molecule has 5 heteroatoms.